The predicted molar refractivity (Wildman–Crippen MR) is 59.5 cm³/mol. The van der Waals surface area contributed by atoms with Gasteiger partial charge in [0, 0.05) is 13.0 Å². The Morgan fingerprint density at radius 3 is 2.41 bits per heavy atom. The van der Waals surface area contributed by atoms with Crippen molar-refractivity contribution in [1.29, 1.82) is 0 Å². The van der Waals surface area contributed by atoms with E-state index in [0.29, 0.717) is 0 Å². The molecule has 0 spiro atoms. The van der Waals surface area contributed by atoms with E-state index in [2.05, 4.69) is 0 Å². The second-order valence-corrected chi connectivity index (χ2v) is 3.81. The summed E-state index contributed by atoms with van der Waals surface area (Å²) in [5.74, 6) is 0. The maximum Gasteiger partial charge on any atom is 0.389 e. The molecular weight excluding hydrogens is 231 g/mol. The Balaban J connectivity index is 2.15. The van der Waals surface area contributed by atoms with Gasteiger partial charge in [0.2, 0.25) is 0 Å². The third-order valence-corrected chi connectivity index (χ3v) is 2.27. The van der Waals surface area contributed by atoms with E-state index in [1.807, 2.05) is 30.3 Å². The van der Waals surface area contributed by atoms with Gasteiger partial charge in [0.25, 0.3) is 0 Å². The fraction of sp³-hybridized carbons (Fsp3) is 0.500. The van der Waals surface area contributed by atoms with E-state index in [9.17, 15) is 13.2 Å². The van der Waals surface area contributed by atoms with E-state index in [1.54, 1.807) is 0 Å². The Morgan fingerprint density at radius 2 is 1.82 bits per heavy atom. The molecule has 0 radical (unpaired) electrons. The number of hydrogen-bond acceptors (Lipinski definition) is 2. The zero-order valence-electron chi connectivity index (χ0n) is 9.41. The number of rotatable bonds is 6. The molecule has 0 amide bonds. The Kier molecular flexibility index (Phi) is 5.44. The van der Waals surface area contributed by atoms with Gasteiger partial charge in [-0.05, 0) is 12.0 Å². The molecule has 0 fully saturated rings. The normalized spacial score (nSPS) is 13.6. The molecule has 0 saturated heterocycles. The molecule has 96 valence electrons. The molecule has 0 heterocycles. The lowest BCUT2D eigenvalue weighted by molar-refractivity contribution is -0.137. The molecule has 1 aromatic carbocycles. The smallest absolute Gasteiger partial charge is 0.379 e. The Labute approximate surface area is 98.6 Å². The summed E-state index contributed by atoms with van der Waals surface area (Å²) < 4.78 is 40.6. The zero-order valence-corrected chi connectivity index (χ0v) is 9.41. The highest BCUT2D eigenvalue weighted by Crippen LogP contribution is 2.21. The fourth-order valence-corrected chi connectivity index (χ4v) is 1.38. The quantitative estimate of drug-likeness (QED) is 0.784. The van der Waals surface area contributed by atoms with Crippen molar-refractivity contribution in [3.05, 3.63) is 35.9 Å². The lowest BCUT2D eigenvalue weighted by atomic mass is 10.1. The average Bonchev–Trinajstić information content (AvgIpc) is 2.28. The summed E-state index contributed by atoms with van der Waals surface area (Å²) in [6.45, 7) is 0.321. The summed E-state index contributed by atoms with van der Waals surface area (Å²) in [6.07, 6.45) is -4.94. The number of hydrogen-bond donors (Lipinski definition) is 1. The molecule has 0 aliphatic rings. The minimum atomic E-state index is -4.11. The number of benzene rings is 1. The van der Waals surface area contributed by atoms with E-state index in [1.165, 1.54) is 0 Å². The van der Waals surface area contributed by atoms with Crippen LogP contribution in [0.5, 0.6) is 0 Å². The summed E-state index contributed by atoms with van der Waals surface area (Å²) in [7, 11) is 0. The highest BCUT2D eigenvalue weighted by atomic mass is 19.4. The monoisotopic (exact) mass is 247 g/mol. The first-order valence-corrected chi connectivity index (χ1v) is 5.44. The van der Waals surface area contributed by atoms with Crippen LogP contribution >= 0.6 is 0 Å². The minimum absolute atomic E-state index is 0.0228. The van der Waals surface area contributed by atoms with Gasteiger partial charge in [0.15, 0.2) is 0 Å². The van der Waals surface area contributed by atoms with Crippen LogP contribution in [-0.2, 0) is 4.74 Å². The first-order chi connectivity index (χ1) is 7.99. The van der Waals surface area contributed by atoms with Gasteiger partial charge in [0.05, 0.1) is 12.6 Å². The van der Waals surface area contributed by atoms with E-state index < -0.39 is 12.6 Å². The molecule has 2 nitrogen and oxygen atoms in total. The number of halogens is 3. The first-order valence-electron chi connectivity index (χ1n) is 5.44. The van der Waals surface area contributed by atoms with E-state index in [4.69, 9.17) is 10.5 Å². The average molecular weight is 247 g/mol. The minimum Gasteiger partial charge on any atom is -0.379 e. The summed E-state index contributed by atoms with van der Waals surface area (Å²) in [5, 5.41) is 0. The van der Waals surface area contributed by atoms with Crippen molar-refractivity contribution < 1.29 is 17.9 Å². The molecule has 1 aromatic rings. The van der Waals surface area contributed by atoms with Gasteiger partial charge in [-0.15, -0.1) is 0 Å². The summed E-state index contributed by atoms with van der Waals surface area (Å²) in [4.78, 5) is 0. The van der Waals surface area contributed by atoms with Crippen LogP contribution in [0.2, 0.25) is 0 Å². The number of alkyl halides is 3. The largest absolute Gasteiger partial charge is 0.389 e. The maximum absolute atomic E-state index is 11.8. The number of nitrogens with two attached hydrogens (primary N) is 1. The first kappa shape index (κ1) is 14.0. The van der Waals surface area contributed by atoms with Gasteiger partial charge < -0.3 is 10.5 Å². The zero-order chi connectivity index (χ0) is 12.7. The second-order valence-electron chi connectivity index (χ2n) is 3.81. The molecule has 1 unspecified atom stereocenters. The summed E-state index contributed by atoms with van der Waals surface area (Å²) >= 11 is 0. The fourth-order valence-electron chi connectivity index (χ4n) is 1.38. The third-order valence-electron chi connectivity index (χ3n) is 2.27. The Hall–Kier alpha value is -1.07. The van der Waals surface area contributed by atoms with Gasteiger partial charge in [-0.25, -0.2) is 0 Å². The second kappa shape index (κ2) is 6.61. The van der Waals surface area contributed by atoms with Gasteiger partial charge in [0.1, 0.15) is 0 Å². The Bertz CT molecular complexity index is 313. The Morgan fingerprint density at radius 1 is 1.18 bits per heavy atom. The highest BCUT2D eigenvalue weighted by molar-refractivity contribution is 5.18. The van der Waals surface area contributed by atoms with Crippen molar-refractivity contribution in [1.82, 2.24) is 0 Å². The van der Waals surface area contributed by atoms with Crippen LogP contribution in [0, 0.1) is 0 Å². The van der Waals surface area contributed by atoms with Crippen LogP contribution in [0.15, 0.2) is 30.3 Å². The van der Waals surface area contributed by atoms with Crippen molar-refractivity contribution in [2.75, 3.05) is 13.2 Å². The van der Waals surface area contributed by atoms with Gasteiger partial charge in [-0.3, -0.25) is 0 Å². The van der Waals surface area contributed by atoms with E-state index in [-0.39, 0.29) is 25.7 Å². The third kappa shape index (κ3) is 6.28. The summed E-state index contributed by atoms with van der Waals surface area (Å²) in [5.41, 5.74) is 6.74. The molecule has 1 rings (SSSR count). The lowest BCUT2D eigenvalue weighted by Gasteiger charge is -2.12. The molecule has 17 heavy (non-hydrogen) atoms. The molecule has 5 heteroatoms. The number of ether oxygens (including phenoxy) is 1. The molecule has 1 atom stereocenters. The van der Waals surface area contributed by atoms with E-state index in [0.717, 1.165) is 5.56 Å². The van der Waals surface area contributed by atoms with E-state index >= 15 is 0 Å². The molecule has 2 N–H and O–H groups in total. The lowest BCUT2D eigenvalue weighted by Crippen LogP contribution is -2.18. The molecular formula is C12H16F3NO. The molecule has 0 aromatic heterocycles. The SMILES string of the molecule is NC(COCCCC(F)(F)F)c1ccccc1. The van der Waals surface area contributed by atoms with Crippen molar-refractivity contribution in [3.63, 3.8) is 0 Å². The van der Waals surface area contributed by atoms with Crippen molar-refractivity contribution >= 4 is 0 Å². The van der Waals surface area contributed by atoms with Crippen molar-refractivity contribution in [2.24, 2.45) is 5.73 Å². The maximum atomic E-state index is 11.8. The topological polar surface area (TPSA) is 35.2 Å². The standard InChI is InChI=1S/C12H16F3NO/c13-12(14,15)7-4-8-17-9-11(16)10-5-2-1-3-6-10/h1-3,5-6,11H,4,7-9,16H2. The van der Waals surface area contributed by atoms with Crippen molar-refractivity contribution in [3.8, 4) is 0 Å². The molecule has 0 aliphatic heterocycles. The van der Waals surface area contributed by atoms with Crippen LogP contribution in [0.1, 0.15) is 24.4 Å². The van der Waals surface area contributed by atoms with Crippen LogP contribution in [-0.4, -0.2) is 19.4 Å². The molecule has 0 saturated carbocycles. The van der Waals surface area contributed by atoms with Gasteiger partial charge >= 0.3 is 6.18 Å². The van der Waals surface area contributed by atoms with Crippen molar-refractivity contribution in [2.45, 2.75) is 25.1 Å². The van der Waals surface area contributed by atoms with Gasteiger partial charge in [-0.1, -0.05) is 30.3 Å². The highest BCUT2D eigenvalue weighted by Gasteiger charge is 2.25. The van der Waals surface area contributed by atoms with Crippen LogP contribution in [0.4, 0.5) is 13.2 Å². The van der Waals surface area contributed by atoms with Crippen LogP contribution in [0.3, 0.4) is 0 Å². The van der Waals surface area contributed by atoms with Crippen LogP contribution in [0.25, 0.3) is 0 Å². The molecule has 0 aliphatic carbocycles. The van der Waals surface area contributed by atoms with Gasteiger partial charge in [-0.2, -0.15) is 13.2 Å². The summed E-state index contributed by atoms with van der Waals surface area (Å²) in [6, 6.07) is 9.04. The predicted octanol–water partition coefficient (Wildman–Crippen LogP) is 3.05. The molecule has 0 bridgehead atoms. The van der Waals surface area contributed by atoms with Crippen LogP contribution < -0.4 is 5.73 Å².